The second-order valence-electron chi connectivity index (χ2n) is 1.06. The third kappa shape index (κ3) is 0.677. The van der Waals surface area contributed by atoms with Crippen molar-refractivity contribution in [1.29, 1.82) is 0 Å². The highest BCUT2D eigenvalue weighted by atomic mass is 15.3. The quantitative estimate of drug-likeness (QED) is 0.521. The van der Waals surface area contributed by atoms with Crippen molar-refractivity contribution in [2.75, 3.05) is 7.05 Å². The van der Waals surface area contributed by atoms with Crippen molar-refractivity contribution >= 4 is 5.82 Å². The Labute approximate surface area is 40.9 Å². The van der Waals surface area contributed by atoms with Crippen LogP contribution in [-0.4, -0.2) is 22.5 Å². The highest BCUT2D eigenvalue weighted by Crippen LogP contribution is 1.90. The Balaban J connectivity index is 2.76. The van der Waals surface area contributed by atoms with Crippen molar-refractivity contribution in [3.63, 3.8) is 0 Å². The molecule has 0 saturated heterocycles. The van der Waals surface area contributed by atoms with Crippen molar-refractivity contribution in [2.24, 2.45) is 0 Å². The predicted octanol–water partition coefficient (Wildman–Crippen LogP) is -0.330. The number of nitrogens with zero attached hydrogens (tertiary/aromatic N) is 3. The summed E-state index contributed by atoms with van der Waals surface area (Å²) in [6.45, 7) is 0. The Morgan fingerprint density at radius 2 is 2.71 bits per heavy atom. The van der Waals surface area contributed by atoms with Gasteiger partial charge in [0, 0.05) is 7.05 Å². The number of hydrogen-bond donors (Lipinski definition) is 1. The molecule has 37 valence electrons. The van der Waals surface area contributed by atoms with Crippen LogP contribution in [0.1, 0.15) is 0 Å². The van der Waals surface area contributed by atoms with E-state index in [0.29, 0.717) is 5.82 Å². The zero-order valence-corrected chi connectivity index (χ0v) is 3.92. The Hall–Kier alpha value is -1.06. The first-order chi connectivity index (χ1) is 3.43. The molecule has 7 heavy (non-hydrogen) atoms. The van der Waals surface area contributed by atoms with Gasteiger partial charge in [0.25, 0.3) is 0 Å². The van der Waals surface area contributed by atoms with Gasteiger partial charge in [-0.3, -0.25) is 10.4 Å². The summed E-state index contributed by atoms with van der Waals surface area (Å²) in [4.78, 5) is 0. The molecular weight excluding hydrogens is 92.1 g/mol. The van der Waals surface area contributed by atoms with Gasteiger partial charge in [0.05, 0.1) is 6.20 Å². The summed E-state index contributed by atoms with van der Waals surface area (Å²) in [6.07, 6.45) is 1.62. The molecule has 0 spiro atoms. The molecule has 4 nitrogen and oxygen atoms in total. The van der Waals surface area contributed by atoms with Crippen LogP contribution in [0, 0.1) is 0 Å². The summed E-state index contributed by atoms with van der Waals surface area (Å²) in [5.41, 5.74) is 0. The highest BCUT2D eigenvalue weighted by molar-refractivity contribution is 5.15. The van der Waals surface area contributed by atoms with Gasteiger partial charge >= 0.3 is 0 Å². The van der Waals surface area contributed by atoms with E-state index < -0.39 is 0 Å². The van der Waals surface area contributed by atoms with Gasteiger partial charge < -0.3 is 0 Å². The normalized spacial score (nSPS) is 8.71. The van der Waals surface area contributed by atoms with Crippen molar-refractivity contribution in [3.05, 3.63) is 6.20 Å². The zero-order chi connectivity index (χ0) is 5.11. The molecule has 1 aromatic heterocycles. The molecule has 0 bridgehead atoms. The molecule has 1 radical (unpaired) electrons. The second-order valence-corrected chi connectivity index (χ2v) is 1.06. The number of nitrogens with one attached hydrogen (secondary N) is 1. The number of aromatic amines is 1. The minimum atomic E-state index is 0.639. The molecule has 4 heteroatoms. The number of H-pyrrole nitrogens is 1. The Morgan fingerprint density at radius 3 is 3.00 bits per heavy atom. The molecule has 0 aliphatic carbocycles. The maximum absolute atomic E-state index is 3.73. The van der Waals surface area contributed by atoms with Gasteiger partial charge in [-0.05, 0) is 0 Å². The lowest BCUT2D eigenvalue weighted by molar-refractivity contribution is 0.916. The van der Waals surface area contributed by atoms with E-state index in [9.17, 15) is 0 Å². The molecule has 0 aliphatic rings. The summed E-state index contributed by atoms with van der Waals surface area (Å²) < 4.78 is 0. The Bertz CT molecular complexity index is 121. The predicted molar refractivity (Wildman–Crippen MR) is 24.1 cm³/mol. The van der Waals surface area contributed by atoms with Gasteiger partial charge in [0.15, 0.2) is 5.82 Å². The van der Waals surface area contributed by atoms with Crippen LogP contribution in [0.25, 0.3) is 0 Å². The van der Waals surface area contributed by atoms with E-state index in [2.05, 4.69) is 20.7 Å². The molecule has 1 heterocycles. The van der Waals surface area contributed by atoms with Crippen molar-refractivity contribution in [3.8, 4) is 0 Å². The van der Waals surface area contributed by atoms with Crippen LogP contribution in [0.5, 0.6) is 0 Å². The van der Waals surface area contributed by atoms with Gasteiger partial charge in [0.2, 0.25) is 0 Å². The van der Waals surface area contributed by atoms with E-state index in [1.54, 1.807) is 13.2 Å². The molecule has 1 aromatic rings. The third-order valence-corrected chi connectivity index (χ3v) is 0.633. The fourth-order valence-corrected chi connectivity index (χ4v) is 0.305. The summed E-state index contributed by atoms with van der Waals surface area (Å²) in [7, 11) is 1.66. The lowest BCUT2D eigenvalue weighted by Crippen LogP contribution is -1.84. The average molecular weight is 97.1 g/mol. The maximum atomic E-state index is 3.73. The lowest BCUT2D eigenvalue weighted by atomic mass is 10.8. The standard InChI is InChI=1S/C3H5N4/c1-4-3-2-5-7-6-3/h2H,1H3,(H,5,6,7). The Morgan fingerprint density at radius 1 is 1.86 bits per heavy atom. The third-order valence-electron chi connectivity index (χ3n) is 0.633. The molecule has 0 unspecified atom stereocenters. The van der Waals surface area contributed by atoms with Gasteiger partial charge in [-0.25, -0.2) is 0 Å². The summed E-state index contributed by atoms with van der Waals surface area (Å²) in [5.74, 6) is 0.639. The van der Waals surface area contributed by atoms with Crippen LogP contribution >= 0.6 is 0 Å². The first kappa shape index (κ1) is 4.11. The minimum Gasteiger partial charge on any atom is -0.267 e. The number of hydrogen-bond acceptors (Lipinski definition) is 2. The van der Waals surface area contributed by atoms with E-state index in [0.717, 1.165) is 0 Å². The summed E-state index contributed by atoms with van der Waals surface area (Å²) >= 11 is 0. The molecule has 1 N–H and O–H groups in total. The van der Waals surface area contributed by atoms with Gasteiger partial charge in [0.1, 0.15) is 0 Å². The van der Waals surface area contributed by atoms with Crippen LogP contribution in [-0.2, 0) is 0 Å². The molecule has 1 rings (SSSR count). The van der Waals surface area contributed by atoms with Crippen LogP contribution in [0.2, 0.25) is 0 Å². The van der Waals surface area contributed by atoms with Crippen LogP contribution in [0.15, 0.2) is 6.20 Å². The zero-order valence-electron chi connectivity index (χ0n) is 3.92. The first-order valence-corrected chi connectivity index (χ1v) is 1.90. The van der Waals surface area contributed by atoms with Crippen LogP contribution in [0.3, 0.4) is 0 Å². The van der Waals surface area contributed by atoms with Crippen LogP contribution in [0.4, 0.5) is 5.82 Å². The van der Waals surface area contributed by atoms with Gasteiger partial charge in [-0.1, -0.05) is 5.21 Å². The highest BCUT2D eigenvalue weighted by Gasteiger charge is 1.85. The monoisotopic (exact) mass is 97.1 g/mol. The summed E-state index contributed by atoms with van der Waals surface area (Å²) in [5, 5.41) is 13.2. The largest absolute Gasteiger partial charge is 0.267 e. The smallest absolute Gasteiger partial charge is 0.189 e. The average Bonchev–Trinajstić information content (AvgIpc) is 2.14. The SMILES string of the molecule is C[N]c1c[nH]nn1. The molecule has 0 aliphatic heterocycles. The molecule has 0 atom stereocenters. The van der Waals surface area contributed by atoms with Crippen LogP contribution < -0.4 is 5.32 Å². The Kier molecular flexibility index (Phi) is 0.934. The van der Waals surface area contributed by atoms with E-state index in [4.69, 9.17) is 0 Å². The topological polar surface area (TPSA) is 55.7 Å². The van der Waals surface area contributed by atoms with Crippen molar-refractivity contribution < 1.29 is 0 Å². The van der Waals surface area contributed by atoms with E-state index in [-0.39, 0.29) is 0 Å². The molecule has 0 aromatic carbocycles. The molecule has 0 amide bonds. The maximum Gasteiger partial charge on any atom is 0.189 e. The van der Waals surface area contributed by atoms with Crippen molar-refractivity contribution in [1.82, 2.24) is 20.7 Å². The van der Waals surface area contributed by atoms with E-state index in [1.807, 2.05) is 0 Å². The van der Waals surface area contributed by atoms with Crippen molar-refractivity contribution in [2.45, 2.75) is 0 Å². The summed E-state index contributed by atoms with van der Waals surface area (Å²) in [6, 6.07) is 0. The van der Waals surface area contributed by atoms with E-state index in [1.165, 1.54) is 0 Å². The molecule has 0 saturated carbocycles. The molecular formula is C3H5N4. The van der Waals surface area contributed by atoms with Gasteiger partial charge in [-0.15, -0.1) is 5.10 Å². The first-order valence-electron chi connectivity index (χ1n) is 1.90. The number of rotatable bonds is 1. The fraction of sp³-hybridized carbons (Fsp3) is 0.333. The fourth-order valence-electron chi connectivity index (χ4n) is 0.305. The number of aromatic nitrogens is 3. The van der Waals surface area contributed by atoms with Gasteiger partial charge in [-0.2, -0.15) is 0 Å². The minimum absolute atomic E-state index is 0.639. The molecule has 0 fully saturated rings. The lowest BCUT2D eigenvalue weighted by Gasteiger charge is -1.77. The second kappa shape index (κ2) is 1.59. The van der Waals surface area contributed by atoms with E-state index >= 15 is 0 Å².